The average molecular weight is 386 g/mol. The van der Waals surface area contributed by atoms with Gasteiger partial charge < -0.3 is 10.1 Å². The van der Waals surface area contributed by atoms with E-state index in [0.29, 0.717) is 17.9 Å². The molecule has 0 bridgehead atoms. The minimum absolute atomic E-state index is 0.0650. The average Bonchev–Trinajstić information content (AvgIpc) is 2.59. The number of nitrogens with zero attached hydrogens (tertiary/aromatic N) is 1. The molecule has 0 aliphatic heterocycles. The summed E-state index contributed by atoms with van der Waals surface area (Å²) in [6.45, 7) is 0. The molecule has 2 rings (SSSR count). The number of halogens is 3. The van der Waals surface area contributed by atoms with Crippen molar-refractivity contribution >= 4 is 29.0 Å². The van der Waals surface area contributed by atoms with Gasteiger partial charge in [0, 0.05) is 11.0 Å². The van der Waals surface area contributed by atoms with E-state index >= 15 is 0 Å². The highest BCUT2D eigenvalue weighted by atomic mass is 32.2. The summed E-state index contributed by atoms with van der Waals surface area (Å²) < 4.78 is 43.0. The number of nitro groups is 1. The van der Waals surface area contributed by atoms with E-state index in [1.165, 1.54) is 18.9 Å². The highest BCUT2D eigenvalue weighted by molar-refractivity contribution is 8.00. The first-order chi connectivity index (χ1) is 12.2. The Balaban J connectivity index is 2.06. The quantitative estimate of drug-likeness (QED) is 0.453. The molecule has 26 heavy (non-hydrogen) atoms. The number of thioether (sulfide) groups is 1. The Morgan fingerprint density at radius 2 is 1.88 bits per heavy atom. The van der Waals surface area contributed by atoms with E-state index in [1.807, 2.05) is 0 Å². The third-order valence-corrected chi connectivity index (χ3v) is 4.24. The predicted molar refractivity (Wildman–Crippen MR) is 90.4 cm³/mol. The summed E-state index contributed by atoms with van der Waals surface area (Å²) in [5, 5.41) is 13.3. The maximum Gasteiger partial charge on any atom is 0.416 e. The number of ether oxygens (including phenoxy) is 1. The van der Waals surface area contributed by atoms with Gasteiger partial charge in [0.1, 0.15) is 11.4 Å². The van der Waals surface area contributed by atoms with Crippen molar-refractivity contribution in [2.45, 2.75) is 11.1 Å². The van der Waals surface area contributed by atoms with Crippen LogP contribution in [0.3, 0.4) is 0 Å². The zero-order valence-corrected chi connectivity index (χ0v) is 14.2. The van der Waals surface area contributed by atoms with E-state index in [9.17, 15) is 28.1 Å². The molecule has 0 fully saturated rings. The number of alkyl halides is 3. The van der Waals surface area contributed by atoms with Gasteiger partial charge in [-0.1, -0.05) is 0 Å². The summed E-state index contributed by atoms with van der Waals surface area (Å²) in [5.74, 6) is 0.0117. The second-order valence-corrected chi connectivity index (χ2v) is 6.05. The minimum atomic E-state index is -4.71. The Labute approximate surface area is 150 Å². The van der Waals surface area contributed by atoms with E-state index in [2.05, 4.69) is 5.32 Å². The van der Waals surface area contributed by atoms with Gasteiger partial charge in [-0.25, -0.2) is 0 Å². The molecule has 6 nitrogen and oxygen atoms in total. The van der Waals surface area contributed by atoms with Crippen molar-refractivity contribution in [2.24, 2.45) is 0 Å². The summed E-state index contributed by atoms with van der Waals surface area (Å²) in [5.41, 5.74) is -2.26. The van der Waals surface area contributed by atoms with Crippen molar-refractivity contribution in [3.8, 4) is 5.75 Å². The van der Waals surface area contributed by atoms with Crippen LogP contribution in [-0.2, 0) is 11.0 Å². The molecule has 138 valence electrons. The Kier molecular flexibility index (Phi) is 6.09. The topological polar surface area (TPSA) is 81.5 Å². The third kappa shape index (κ3) is 5.12. The molecule has 0 radical (unpaired) electrons. The molecule has 0 unspecified atom stereocenters. The smallest absolute Gasteiger partial charge is 0.416 e. The number of benzene rings is 2. The van der Waals surface area contributed by atoms with E-state index < -0.39 is 28.3 Å². The standard InChI is InChI=1S/C16H13F3N2O4S/c1-25-11-3-5-12(6-4-11)26-9-15(22)20-13-7-2-10(16(17,18)19)8-14(13)21(23)24/h2-8H,9H2,1H3,(H,20,22). The van der Waals surface area contributed by atoms with Crippen LogP contribution in [0.15, 0.2) is 47.4 Å². The molecule has 0 spiro atoms. The van der Waals surface area contributed by atoms with Gasteiger partial charge in [-0.3, -0.25) is 14.9 Å². The lowest BCUT2D eigenvalue weighted by atomic mass is 10.1. The van der Waals surface area contributed by atoms with Crippen molar-refractivity contribution in [3.05, 3.63) is 58.1 Å². The number of anilines is 1. The molecule has 1 N–H and O–H groups in total. The van der Waals surface area contributed by atoms with Gasteiger partial charge in [-0.2, -0.15) is 13.2 Å². The molecule has 0 saturated heterocycles. The fraction of sp³-hybridized carbons (Fsp3) is 0.188. The predicted octanol–water partition coefficient (Wildman–Crippen LogP) is 4.35. The van der Waals surface area contributed by atoms with Crippen LogP contribution in [-0.4, -0.2) is 23.7 Å². The maximum absolute atomic E-state index is 12.7. The van der Waals surface area contributed by atoms with Crippen LogP contribution >= 0.6 is 11.8 Å². The Morgan fingerprint density at radius 3 is 2.42 bits per heavy atom. The largest absolute Gasteiger partial charge is 0.497 e. The van der Waals surface area contributed by atoms with Crippen molar-refractivity contribution in [3.63, 3.8) is 0 Å². The molecule has 0 aliphatic carbocycles. The Morgan fingerprint density at radius 1 is 1.23 bits per heavy atom. The van der Waals surface area contributed by atoms with Crippen molar-refractivity contribution in [1.29, 1.82) is 0 Å². The van der Waals surface area contributed by atoms with Gasteiger partial charge in [-0.15, -0.1) is 11.8 Å². The van der Waals surface area contributed by atoms with Gasteiger partial charge in [0.05, 0.1) is 23.3 Å². The van der Waals surface area contributed by atoms with Gasteiger partial charge in [0.2, 0.25) is 5.91 Å². The number of carbonyl (C=O) groups excluding carboxylic acids is 1. The van der Waals surface area contributed by atoms with Crippen LogP contribution in [0.4, 0.5) is 24.5 Å². The van der Waals surface area contributed by atoms with Crippen molar-refractivity contribution in [2.75, 3.05) is 18.2 Å². The van der Waals surface area contributed by atoms with E-state index in [0.717, 1.165) is 11.0 Å². The van der Waals surface area contributed by atoms with Crippen molar-refractivity contribution in [1.82, 2.24) is 0 Å². The molecule has 1 amide bonds. The number of hydrogen-bond donors (Lipinski definition) is 1. The summed E-state index contributed by atoms with van der Waals surface area (Å²) in [6, 6.07) is 8.83. The van der Waals surface area contributed by atoms with Crippen LogP contribution in [0, 0.1) is 10.1 Å². The second-order valence-electron chi connectivity index (χ2n) is 5.00. The summed E-state index contributed by atoms with van der Waals surface area (Å²) in [6.07, 6.45) is -4.71. The van der Waals surface area contributed by atoms with Crippen LogP contribution in [0.2, 0.25) is 0 Å². The number of methoxy groups -OCH3 is 1. The SMILES string of the molecule is COc1ccc(SCC(=O)Nc2ccc(C(F)(F)F)cc2[N+](=O)[O-])cc1. The molecule has 0 aromatic heterocycles. The van der Waals surface area contributed by atoms with E-state index in [-0.39, 0.29) is 11.4 Å². The second kappa shape index (κ2) is 8.09. The third-order valence-electron chi connectivity index (χ3n) is 3.23. The zero-order chi connectivity index (χ0) is 19.3. The lowest BCUT2D eigenvalue weighted by molar-refractivity contribution is -0.384. The van der Waals surface area contributed by atoms with E-state index in [1.54, 1.807) is 24.3 Å². The highest BCUT2D eigenvalue weighted by Crippen LogP contribution is 2.35. The van der Waals surface area contributed by atoms with Gasteiger partial charge >= 0.3 is 6.18 Å². The number of amides is 1. The van der Waals surface area contributed by atoms with E-state index in [4.69, 9.17) is 4.74 Å². The lowest BCUT2D eigenvalue weighted by Gasteiger charge is -2.10. The molecule has 0 saturated carbocycles. The molecular formula is C16H13F3N2O4S. The molecule has 2 aromatic rings. The number of nitro benzene ring substituents is 1. The first kappa shape index (κ1) is 19.6. The maximum atomic E-state index is 12.7. The van der Waals surface area contributed by atoms with Crippen molar-refractivity contribution < 1.29 is 27.6 Å². The van der Waals surface area contributed by atoms with Gasteiger partial charge in [0.15, 0.2) is 0 Å². The van der Waals surface area contributed by atoms with Gasteiger partial charge in [-0.05, 0) is 36.4 Å². The first-order valence-electron chi connectivity index (χ1n) is 7.13. The summed E-state index contributed by atoms with van der Waals surface area (Å²) in [7, 11) is 1.52. The lowest BCUT2D eigenvalue weighted by Crippen LogP contribution is -2.16. The number of nitrogens with one attached hydrogen (secondary N) is 1. The van der Waals surface area contributed by atoms with Crippen LogP contribution in [0.25, 0.3) is 0 Å². The fourth-order valence-corrected chi connectivity index (χ4v) is 2.67. The summed E-state index contributed by atoms with van der Waals surface area (Å²) >= 11 is 1.17. The van der Waals surface area contributed by atoms with Crippen LogP contribution in [0.1, 0.15) is 5.56 Å². The normalized spacial score (nSPS) is 11.1. The summed E-state index contributed by atoms with van der Waals surface area (Å²) in [4.78, 5) is 22.8. The Bertz CT molecular complexity index is 810. The molecule has 10 heteroatoms. The van der Waals surface area contributed by atoms with Crippen LogP contribution < -0.4 is 10.1 Å². The molecule has 0 atom stereocenters. The number of rotatable bonds is 6. The molecular weight excluding hydrogens is 373 g/mol. The number of carbonyl (C=O) groups is 1. The first-order valence-corrected chi connectivity index (χ1v) is 8.11. The minimum Gasteiger partial charge on any atom is -0.497 e. The Hall–Kier alpha value is -2.75. The zero-order valence-electron chi connectivity index (χ0n) is 13.4. The monoisotopic (exact) mass is 386 g/mol. The number of hydrogen-bond acceptors (Lipinski definition) is 5. The molecule has 2 aromatic carbocycles. The van der Waals surface area contributed by atoms with Crippen LogP contribution in [0.5, 0.6) is 5.75 Å². The fourth-order valence-electron chi connectivity index (χ4n) is 1.97. The van der Waals surface area contributed by atoms with Gasteiger partial charge in [0.25, 0.3) is 5.69 Å². The highest BCUT2D eigenvalue weighted by Gasteiger charge is 2.33. The molecule has 0 heterocycles. The molecule has 0 aliphatic rings.